The first-order valence-corrected chi connectivity index (χ1v) is 5.41. The Balaban J connectivity index is 2.85. The number of hydrogen-bond donors (Lipinski definition) is 0. The quantitative estimate of drug-likeness (QED) is 0.306. The molecule has 0 bridgehead atoms. The predicted molar refractivity (Wildman–Crippen MR) is 50.3 cm³/mol. The maximum Gasteiger partial charge on any atom is 0.226 e. The molecule has 0 aliphatic carbocycles. The van der Waals surface area contributed by atoms with Gasteiger partial charge in [0.25, 0.3) is 0 Å². The molecular weight excluding hydrogens is 143 g/mol. The maximum atomic E-state index is 11.1. The summed E-state index contributed by atoms with van der Waals surface area (Å²) in [7, 11) is 6.07. The standard InChI is InChI=1S/C5H12B2NOP/c1-8-4(9)3-10(2)5(8,6)7/h3,6-7H2,1-2H3. The van der Waals surface area contributed by atoms with Gasteiger partial charge in [-0.15, -0.1) is 0 Å². The Morgan fingerprint density at radius 1 is 1.70 bits per heavy atom. The van der Waals surface area contributed by atoms with Crippen LogP contribution in [0.2, 0.25) is 0 Å². The predicted octanol–water partition coefficient (Wildman–Crippen LogP) is -1.55. The summed E-state index contributed by atoms with van der Waals surface area (Å²) >= 11 is 0. The second-order valence-corrected chi connectivity index (χ2v) is 6.11. The van der Waals surface area contributed by atoms with Gasteiger partial charge in [0, 0.05) is 13.2 Å². The van der Waals surface area contributed by atoms with Crippen molar-refractivity contribution in [2.75, 3.05) is 19.9 Å². The van der Waals surface area contributed by atoms with Crippen LogP contribution in [0.25, 0.3) is 0 Å². The summed E-state index contributed by atoms with van der Waals surface area (Å²) in [6, 6.07) is 0. The zero-order valence-electron chi connectivity index (χ0n) is 7.01. The highest BCUT2D eigenvalue weighted by atomic mass is 31.1. The lowest BCUT2D eigenvalue weighted by atomic mass is 9.76. The Morgan fingerprint density at radius 2 is 2.20 bits per heavy atom. The zero-order valence-corrected chi connectivity index (χ0v) is 7.90. The summed E-state index contributed by atoms with van der Waals surface area (Å²) in [6.07, 6.45) is 0.777. The molecule has 1 amide bonds. The van der Waals surface area contributed by atoms with Gasteiger partial charge < -0.3 is 4.90 Å². The highest BCUT2D eigenvalue weighted by Crippen LogP contribution is 2.48. The highest BCUT2D eigenvalue weighted by molar-refractivity contribution is 7.63. The van der Waals surface area contributed by atoms with E-state index in [9.17, 15) is 4.79 Å². The van der Waals surface area contributed by atoms with Gasteiger partial charge in [-0.25, -0.2) is 0 Å². The van der Waals surface area contributed by atoms with Gasteiger partial charge in [0.05, 0.1) is 0 Å². The lowest BCUT2D eigenvalue weighted by molar-refractivity contribution is -0.126. The van der Waals surface area contributed by atoms with Crippen molar-refractivity contribution in [1.29, 1.82) is 0 Å². The topological polar surface area (TPSA) is 20.3 Å². The van der Waals surface area contributed by atoms with E-state index >= 15 is 0 Å². The third-order valence-corrected chi connectivity index (χ3v) is 5.41. The summed E-state index contributed by atoms with van der Waals surface area (Å²) in [5, 5.41) is 0.131. The summed E-state index contributed by atoms with van der Waals surface area (Å²) in [6.45, 7) is 2.19. The van der Waals surface area contributed by atoms with E-state index in [1.165, 1.54) is 0 Å². The third kappa shape index (κ3) is 0.989. The van der Waals surface area contributed by atoms with Gasteiger partial charge in [0.2, 0.25) is 5.91 Å². The van der Waals surface area contributed by atoms with Crippen molar-refractivity contribution in [2.24, 2.45) is 0 Å². The van der Waals surface area contributed by atoms with Gasteiger partial charge in [-0.1, -0.05) is 7.92 Å². The van der Waals surface area contributed by atoms with Crippen molar-refractivity contribution < 1.29 is 4.79 Å². The van der Waals surface area contributed by atoms with Gasteiger partial charge in [0.1, 0.15) is 15.7 Å². The molecule has 0 spiro atoms. The number of carbonyl (C=O) groups is 1. The summed E-state index contributed by atoms with van der Waals surface area (Å²) in [5.74, 6) is 0.304. The van der Waals surface area contributed by atoms with E-state index < -0.39 is 0 Å². The molecule has 1 fully saturated rings. The van der Waals surface area contributed by atoms with E-state index in [0.717, 1.165) is 6.16 Å². The Labute approximate surface area is 64.9 Å². The first-order chi connectivity index (χ1) is 4.46. The molecule has 0 aromatic carbocycles. The minimum atomic E-state index is -0.111. The summed E-state index contributed by atoms with van der Waals surface area (Å²) < 4.78 is 0. The van der Waals surface area contributed by atoms with Crippen LogP contribution in [0.5, 0.6) is 0 Å². The molecular formula is C5H12B2NOP. The van der Waals surface area contributed by atoms with E-state index in [-0.39, 0.29) is 13.0 Å². The summed E-state index contributed by atoms with van der Waals surface area (Å²) in [5.41, 5.74) is 0. The molecule has 0 saturated carbocycles. The molecule has 1 atom stereocenters. The first-order valence-electron chi connectivity index (χ1n) is 3.44. The second kappa shape index (κ2) is 2.27. The fourth-order valence-electron chi connectivity index (χ4n) is 1.06. The molecule has 0 aromatic rings. The molecule has 1 saturated heterocycles. The van der Waals surface area contributed by atoms with Crippen molar-refractivity contribution in [1.82, 2.24) is 4.90 Å². The largest absolute Gasteiger partial charge is 0.352 e. The Hall–Kier alpha value is 0.0299. The molecule has 1 heterocycles. The average molecular weight is 155 g/mol. The molecule has 54 valence electrons. The smallest absolute Gasteiger partial charge is 0.226 e. The number of carbonyl (C=O) groups excluding carboxylic acids is 1. The van der Waals surface area contributed by atoms with E-state index in [1.54, 1.807) is 0 Å². The first kappa shape index (κ1) is 8.13. The lowest BCUT2D eigenvalue weighted by Crippen LogP contribution is -2.42. The molecule has 1 aliphatic heterocycles. The van der Waals surface area contributed by atoms with E-state index in [0.29, 0.717) is 5.91 Å². The van der Waals surface area contributed by atoms with Crippen LogP contribution in [0.15, 0.2) is 0 Å². The van der Waals surface area contributed by atoms with Crippen LogP contribution in [-0.2, 0) is 4.79 Å². The van der Waals surface area contributed by atoms with Gasteiger partial charge in [-0.3, -0.25) is 4.79 Å². The second-order valence-electron chi connectivity index (χ2n) is 3.30. The maximum absolute atomic E-state index is 11.1. The number of nitrogens with zero attached hydrogens (tertiary/aromatic N) is 1. The molecule has 1 aliphatic rings. The van der Waals surface area contributed by atoms with Crippen LogP contribution in [-0.4, -0.2) is 51.5 Å². The average Bonchev–Trinajstić information content (AvgIpc) is 1.97. The third-order valence-electron chi connectivity index (χ3n) is 2.50. The van der Waals surface area contributed by atoms with Crippen LogP contribution in [0.3, 0.4) is 0 Å². The van der Waals surface area contributed by atoms with Gasteiger partial charge in [-0.2, -0.15) is 0 Å². The van der Waals surface area contributed by atoms with Crippen molar-refractivity contribution in [2.45, 2.75) is 5.08 Å². The van der Waals surface area contributed by atoms with Crippen LogP contribution < -0.4 is 0 Å². The number of amides is 1. The fourth-order valence-corrected chi connectivity index (χ4v) is 2.69. The molecule has 10 heavy (non-hydrogen) atoms. The molecule has 0 N–H and O–H groups in total. The van der Waals surface area contributed by atoms with Crippen molar-refractivity contribution >= 4 is 29.5 Å². The normalized spacial score (nSPS) is 31.2. The van der Waals surface area contributed by atoms with Crippen LogP contribution in [0, 0.1) is 0 Å². The zero-order chi connectivity index (χ0) is 7.94. The molecule has 1 unspecified atom stereocenters. The van der Waals surface area contributed by atoms with Crippen LogP contribution >= 0.6 is 7.92 Å². The molecule has 5 heteroatoms. The summed E-state index contributed by atoms with van der Waals surface area (Å²) in [4.78, 5) is 13.0. The van der Waals surface area contributed by atoms with Crippen LogP contribution in [0.4, 0.5) is 0 Å². The Bertz CT molecular complexity index is 173. The molecule has 0 aromatic heterocycles. The Kier molecular flexibility index (Phi) is 1.84. The van der Waals surface area contributed by atoms with Crippen molar-refractivity contribution in [3.05, 3.63) is 0 Å². The SMILES string of the molecule is BC1(B)N(C)C(=O)CP1C. The monoisotopic (exact) mass is 155 g/mol. The molecule has 0 radical (unpaired) electrons. The van der Waals surface area contributed by atoms with Crippen LogP contribution in [0.1, 0.15) is 0 Å². The van der Waals surface area contributed by atoms with Gasteiger partial charge in [0.15, 0.2) is 0 Å². The van der Waals surface area contributed by atoms with E-state index in [2.05, 4.69) is 22.4 Å². The highest BCUT2D eigenvalue weighted by Gasteiger charge is 2.40. The van der Waals surface area contributed by atoms with Crippen molar-refractivity contribution in [3.8, 4) is 0 Å². The number of hydrogen-bond acceptors (Lipinski definition) is 1. The molecule has 2 nitrogen and oxygen atoms in total. The lowest BCUT2D eigenvalue weighted by Gasteiger charge is -2.31. The van der Waals surface area contributed by atoms with Gasteiger partial charge >= 0.3 is 0 Å². The van der Waals surface area contributed by atoms with Gasteiger partial charge in [-0.05, 0) is 11.7 Å². The fraction of sp³-hybridized carbons (Fsp3) is 0.800. The molecule has 1 rings (SSSR count). The van der Waals surface area contributed by atoms with E-state index in [1.807, 2.05) is 11.9 Å². The minimum absolute atomic E-state index is 0.111. The Morgan fingerprint density at radius 3 is 2.30 bits per heavy atom. The van der Waals surface area contributed by atoms with E-state index in [4.69, 9.17) is 0 Å². The van der Waals surface area contributed by atoms with Crippen molar-refractivity contribution in [3.63, 3.8) is 0 Å². The number of rotatable bonds is 0. The minimum Gasteiger partial charge on any atom is -0.352 e.